The number of hydrogen-bond donors (Lipinski definition) is 1. The van der Waals surface area contributed by atoms with Crippen LogP contribution in [0.1, 0.15) is 37.0 Å². The second-order valence-electron chi connectivity index (χ2n) is 3.64. The lowest BCUT2D eigenvalue weighted by Crippen LogP contribution is -2.32. The predicted molar refractivity (Wildman–Crippen MR) is 58.2 cm³/mol. The van der Waals surface area contributed by atoms with Crippen molar-refractivity contribution < 1.29 is 9.18 Å². The van der Waals surface area contributed by atoms with Gasteiger partial charge >= 0.3 is 0 Å². The lowest BCUT2D eigenvalue weighted by atomic mass is 10.1. The average molecular weight is 209 g/mol. The molecule has 0 saturated heterocycles. The van der Waals surface area contributed by atoms with Crippen LogP contribution in [-0.2, 0) is 0 Å². The Morgan fingerprint density at radius 1 is 1.47 bits per heavy atom. The summed E-state index contributed by atoms with van der Waals surface area (Å²) in [5.41, 5.74) is 0.112. The van der Waals surface area contributed by atoms with Crippen LogP contribution in [0.3, 0.4) is 0 Å². The molecule has 0 aliphatic rings. The van der Waals surface area contributed by atoms with Crippen LogP contribution in [-0.4, -0.2) is 11.9 Å². The highest BCUT2D eigenvalue weighted by Gasteiger charge is 2.12. The fourth-order valence-corrected chi connectivity index (χ4v) is 1.45. The monoisotopic (exact) mass is 209 g/mol. The van der Waals surface area contributed by atoms with Gasteiger partial charge in [-0.25, -0.2) is 4.39 Å². The Bertz CT molecular complexity index is 338. The molecular weight excluding hydrogens is 193 g/mol. The van der Waals surface area contributed by atoms with E-state index in [1.54, 1.807) is 12.1 Å². The molecule has 1 rings (SSSR count). The maximum Gasteiger partial charge on any atom is 0.254 e. The summed E-state index contributed by atoms with van der Waals surface area (Å²) in [6.45, 7) is 3.97. The Labute approximate surface area is 89.5 Å². The fourth-order valence-electron chi connectivity index (χ4n) is 1.45. The third-order valence-corrected chi connectivity index (χ3v) is 2.22. The Morgan fingerprint density at radius 2 is 2.13 bits per heavy atom. The van der Waals surface area contributed by atoms with Gasteiger partial charge in [0.15, 0.2) is 0 Å². The van der Waals surface area contributed by atoms with Gasteiger partial charge in [0.05, 0.1) is 5.56 Å². The summed E-state index contributed by atoms with van der Waals surface area (Å²) in [5, 5.41) is 2.76. The van der Waals surface area contributed by atoms with Crippen molar-refractivity contribution >= 4 is 5.91 Å². The molecule has 3 heteroatoms. The molecule has 1 N–H and O–H groups in total. The van der Waals surface area contributed by atoms with E-state index in [4.69, 9.17) is 0 Å². The van der Waals surface area contributed by atoms with Gasteiger partial charge in [0, 0.05) is 6.04 Å². The predicted octanol–water partition coefficient (Wildman–Crippen LogP) is 2.74. The van der Waals surface area contributed by atoms with E-state index in [2.05, 4.69) is 5.32 Å². The molecule has 0 bridgehead atoms. The van der Waals surface area contributed by atoms with Crippen LogP contribution in [0.15, 0.2) is 24.3 Å². The molecule has 1 atom stereocenters. The molecule has 0 saturated carbocycles. The average Bonchev–Trinajstić information content (AvgIpc) is 2.18. The minimum absolute atomic E-state index is 0.0853. The first-order chi connectivity index (χ1) is 7.15. The van der Waals surface area contributed by atoms with Crippen molar-refractivity contribution in [2.75, 3.05) is 0 Å². The van der Waals surface area contributed by atoms with E-state index in [-0.39, 0.29) is 17.5 Å². The molecule has 0 heterocycles. The maximum atomic E-state index is 13.2. The van der Waals surface area contributed by atoms with Crippen molar-refractivity contribution in [2.45, 2.75) is 32.7 Å². The quantitative estimate of drug-likeness (QED) is 0.811. The highest BCUT2D eigenvalue weighted by Crippen LogP contribution is 2.07. The first-order valence-electron chi connectivity index (χ1n) is 5.20. The number of halogens is 1. The summed E-state index contributed by atoms with van der Waals surface area (Å²) in [7, 11) is 0. The van der Waals surface area contributed by atoms with Gasteiger partial charge < -0.3 is 5.32 Å². The van der Waals surface area contributed by atoms with Gasteiger partial charge in [-0.1, -0.05) is 25.5 Å². The topological polar surface area (TPSA) is 29.1 Å². The number of nitrogens with one attached hydrogen (secondary N) is 1. The third kappa shape index (κ3) is 3.35. The van der Waals surface area contributed by atoms with Gasteiger partial charge in [-0.05, 0) is 25.5 Å². The SMILES string of the molecule is CCC[C@@H](C)NC(=O)c1ccccc1F. The highest BCUT2D eigenvalue weighted by atomic mass is 19.1. The molecule has 0 spiro atoms. The Kier molecular flexibility index (Phi) is 4.28. The van der Waals surface area contributed by atoms with E-state index in [1.807, 2.05) is 13.8 Å². The molecule has 0 unspecified atom stereocenters. The van der Waals surface area contributed by atoms with Crippen LogP contribution in [0.2, 0.25) is 0 Å². The molecule has 15 heavy (non-hydrogen) atoms. The molecule has 1 amide bonds. The number of carbonyl (C=O) groups is 1. The van der Waals surface area contributed by atoms with E-state index in [9.17, 15) is 9.18 Å². The molecular formula is C12H16FNO. The standard InChI is InChI=1S/C12H16FNO/c1-3-6-9(2)14-12(15)10-7-4-5-8-11(10)13/h4-5,7-9H,3,6H2,1-2H3,(H,14,15)/t9-/m1/s1. The third-order valence-electron chi connectivity index (χ3n) is 2.22. The number of amides is 1. The molecule has 0 aliphatic carbocycles. The minimum Gasteiger partial charge on any atom is -0.349 e. The first kappa shape index (κ1) is 11.7. The number of carbonyl (C=O) groups excluding carboxylic acids is 1. The second-order valence-corrected chi connectivity index (χ2v) is 3.64. The van der Waals surface area contributed by atoms with Gasteiger partial charge in [-0.15, -0.1) is 0 Å². The Balaban J connectivity index is 2.65. The zero-order valence-electron chi connectivity index (χ0n) is 9.09. The van der Waals surface area contributed by atoms with Gasteiger partial charge in [0.25, 0.3) is 5.91 Å². The van der Waals surface area contributed by atoms with Crippen molar-refractivity contribution in [3.63, 3.8) is 0 Å². The van der Waals surface area contributed by atoms with Gasteiger partial charge in [-0.3, -0.25) is 4.79 Å². The molecule has 1 aromatic rings. The summed E-state index contributed by atoms with van der Waals surface area (Å²) in [4.78, 5) is 11.6. The number of rotatable bonds is 4. The van der Waals surface area contributed by atoms with Gasteiger partial charge in [-0.2, -0.15) is 0 Å². The van der Waals surface area contributed by atoms with Gasteiger partial charge in [0.2, 0.25) is 0 Å². The fraction of sp³-hybridized carbons (Fsp3) is 0.417. The smallest absolute Gasteiger partial charge is 0.254 e. The summed E-state index contributed by atoms with van der Waals surface area (Å²) in [6, 6.07) is 6.09. The van der Waals surface area contributed by atoms with E-state index in [0.717, 1.165) is 12.8 Å². The van der Waals surface area contributed by atoms with E-state index in [0.29, 0.717) is 0 Å². The maximum absolute atomic E-state index is 13.2. The molecule has 0 radical (unpaired) electrons. The molecule has 0 fully saturated rings. The van der Waals surface area contributed by atoms with Crippen molar-refractivity contribution in [3.05, 3.63) is 35.6 Å². The van der Waals surface area contributed by atoms with E-state index >= 15 is 0 Å². The first-order valence-corrected chi connectivity index (χ1v) is 5.20. The molecule has 2 nitrogen and oxygen atoms in total. The summed E-state index contributed by atoms with van der Waals surface area (Å²) in [6.07, 6.45) is 1.90. The minimum atomic E-state index is -0.473. The van der Waals surface area contributed by atoms with E-state index < -0.39 is 5.82 Å². The summed E-state index contributed by atoms with van der Waals surface area (Å²) < 4.78 is 13.2. The Morgan fingerprint density at radius 3 is 2.73 bits per heavy atom. The Hall–Kier alpha value is -1.38. The highest BCUT2D eigenvalue weighted by molar-refractivity contribution is 5.94. The van der Waals surface area contributed by atoms with Crippen LogP contribution in [0.5, 0.6) is 0 Å². The van der Waals surface area contributed by atoms with Crippen LogP contribution < -0.4 is 5.32 Å². The lowest BCUT2D eigenvalue weighted by Gasteiger charge is -2.12. The normalized spacial score (nSPS) is 12.2. The van der Waals surface area contributed by atoms with Crippen LogP contribution in [0, 0.1) is 5.82 Å². The molecule has 0 aliphatic heterocycles. The number of hydrogen-bond acceptors (Lipinski definition) is 1. The zero-order valence-corrected chi connectivity index (χ0v) is 9.09. The van der Waals surface area contributed by atoms with Crippen molar-refractivity contribution in [1.29, 1.82) is 0 Å². The van der Waals surface area contributed by atoms with Crippen molar-refractivity contribution in [3.8, 4) is 0 Å². The molecule has 1 aromatic carbocycles. The summed E-state index contributed by atoms with van der Waals surface area (Å²) in [5.74, 6) is -0.812. The van der Waals surface area contributed by atoms with Crippen molar-refractivity contribution in [1.82, 2.24) is 5.32 Å². The largest absolute Gasteiger partial charge is 0.349 e. The van der Waals surface area contributed by atoms with Crippen LogP contribution in [0.25, 0.3) is 0 Å². The zero-order chi connectivity index (χ0) is 11.3. The molecule has 0 aromatic heterocycles. The summed E-state index contributed by atoms with van der Waals surface area (Å²) >= 11 is 0. The number of benzene rings is 1. The molecule has 82 valence electrons. The van der Waals surface area contributed by atoms with E-state index in [1.165, 1.54) is 12.1 Å². The van der Waals surface area contributed by atoms with Crippen molar-refractivity contribution in [2.24, 2.45) is 0 Å². The second kappa shape index (κ2) is 5.49. The van der Waals surface area contributed by atoms with Gasteiger partial charge in [0.1, 0.15) is 5.82 Å². The van der Waals surface area contributed by atoms with Crippen LogP contribution in [0.4, 0.5) is 4.39 Å². The lowest BCUT2D eigenvalue weighted by molar-refractivity contribution is 0.0934. The van der Waals surface area contributed by atoms with Crippen LogP contribution >= 0.6 is 0 Å².